The number of aliphatic hydroxyl groups is 1. The molecule has 2 aliphatic rings. The van der Waals surface area contributed by atoms with Gasteiger partial charge in [0.25, 0.3) is 0 Å². The van der Waals surface area contributed by atoms with E-state index in [1.165, 1.54) is 0 Å². The highest BCUT2D eigenvalue weighted by molar-refractivity contribution is 5.38. The topological polar surface area (TPSA) is 29.5 Å². The molecule has 5 heteroatoms. The molecule has 0 amide bonds. The molecule has 0 bridgehead atoms. The van der Waals surface area contributed by atoms with Crippen molar-refractivity contribution in [3.8, 4) is 5.75 Å². The van der Waals surface area contributed by atoms with E-state index >= 15 is 0 Å². The lowest BCUT2D eigenvalue weighted by molar-refractivity contribution is -0.193. The van der Waals surface area contributed by atoms with E-state index in [4.69, 9.17) is 4.74 Å². The van der Waals surface area contributed by atoms with Crippen LogP contribution in [0.15, 0.2) is 24.3 Å². The van der Waals surface area contributed by atoms with E-state index in [0.29, 0.717) is 25.0 Å². The van der Waals surface area contributed by atoms with E-state index in [0.717, 1.165) is 5.56 Å². The van der Waals surface area contributed by atoms with Crippen molar-refractivity contribution in [2.45, 2.75) is 50.0 Å². The second-order valence-corrected chi connectivity index (χ2v) is 5.86. The molecule has 1 N–H and O–H groups in total. The van der Waals surface area contributed by atoms with Crippen LogP contribution in [0, 0.1) is 5.92 Å². The summed E-state index contributed by atoms with van der Waals surface area (Å²) in [5.74, 6) is -0.622. The van der Waals surface area contributed by atoms with E-state index < -0.39 is 23.8 Å². The highest BCUT2D eigenvalue weighted by Gasteiger charge is 2.49. The fourth-order valence-corrected chi connectivity index (χ4v) is 3.36. The molecule has 1 aromatic carbocycles. The third-order valence-corrected chi connectivity index (χ3v) is 4.53. The van der Waals surface area contributed by atoms with E-state index in [9.17, 15) is 18.3 Å². The summed E-state index contributed by atoms with van der Waals surface area (Å²) in [5.41, 5.74) is 0.103. The zero-order valence-electron chi connectivity index (χ0n) is 11.0. The van der Waals surface area contributed by atoms with Gasteiger partial charge in [-0.3, -0.25) is 0 Å². The standard InChI is InChI=1S/C15H17F3O2/c16-15(17,18)10-5-7-14(8-6-10)9-12(19)11-3-1-2-4-13(11)20-14/h1-4,10,12,19H,5-9H2/t10?,12-,14?/m0/s1. The van der Waals surface area contributed by atoms with Gasteiger partial charge in [0.1, 0.15) is 11.4 Å². The number of ether oxygens (including phenoxy) is 1. The maximum atomic E-state index is 12.7. The Labute approximate surface area is 115 Å². The monoisotopic (exact) mass is 286 g/mol. The van der Waals surface area contributed by atoms with Crippen molar-refractivity contribution < 1.29 is 23.0 Å². The van der Waals surface area contributed by atoms with Crippen LogP contribution < -0.4 is 4.74 Å². The zero-order valence-corrected chi connectivity index (χ0v) is 11.0. The predicted octanol–water partition coefficient (Wildman–Crippen LogP) is 3.99. The highest BCUT2D eigenvalue weighted by Crippen LogP contribution is 2.49. The largest absolute Gasteiger partial charge is 0.487 e. The average molecular weight is 286 g/mol. The van der Waals surface area contributed by atoms with E-state index in [1.807, 2.05) is 12.1 Å². The summed E-state index contributed by atoms with van der Waals surface area (Å²) in [5, 5.41) is 10.2. The summed E-state index contributed by atoms with van der Waals surface area (Å²) in [7, 11) is 0. The minimum atomic E-state index is -4.12. The maximum Gasteiger partial charge on any atom is 0.391 e. The van der Waals surface area contributed by atoms with Gasteiger partial charge in [0.05, 0.1) is 12.0 Å². The van der Waals surface area contributed by atoms with Gasteiger partial charge in [0, 0.05) is 12.0 Å². The van der Waals surface area contributed by atoms with Crippen LogP contribution in [0.4, 0.5) is 13.2 Å². The van der Waals surface area contributed by atoms with Crippen LogP contribution in [0.1, 0.15) is 43.8 Å². The Hall–Kier alpha value is -1.23. The fraction of sp³-hybridized carbons (Fsp3) is 0.600. The van der Waals surface area contributed by atoms with Crippen molar-refractivity contribution in [2.75, 3.05) is 0 Å². The SMILES string of the molecule is O[C@H]1CC2(CCC(C(F)(F)F)CC2)Oc2ccccc21. The molecular formula is C15H17F3O2. The number of hydrogen-bond acceptors (Lipinski definition) is 2. The quantitative estimate of drug-likeness (QED) is 0.781. The number of benzene rings is 1. The lowest BCUT2D eigenvalue weighted by atomic mass is 9.74. The molecule has 0 unspecified atom stereocenters. The summed E-state index contributed by atoms with van der Waals surface area (Å²) in [6, 6.07) is 7.21. The Morgan fingerprint density at radius 3 is 2.45 bits per heavy atom. The first-order valence-corrected chi connectivity index (χ1v) is 6.92. The summed E-state index contributed by atoms with van der Waals surface area (Å²) in [6.07, 6.45) is -3.52. The Morgan fingerprint density at radius 2 is 1.80 bits per heavy atom. The number of aliphatic hydroxyl groups excluding tert-OH is 1. The maximum absolute atomic E-state index is 12.7. The molecule has 1 fully saturated rings. The van der Waals surface area contributed by atoms with Crippen LogP contribution in [-0.2, 0) is 0 Å². The van der Waals surface area contributed by atoms with E-state index in [-0.39, 0.29) is 12.8 Å². The predicted molar refractivity (Wildman–Crippen MR) is 67.4 cm³/mol. The molecule has 1 aromatic rings. The van der Waals surface area contributed by atoms with Crippen LogP contribution in [0.3, 0.4) is 0 Å². The molecule has 1 saturated carbocycles. The third kappa shape index (κ3) is 2.39. The lowest BCUT2D eigenvalue weighted by Gasteiger charge is -2.45. The van der Waals surface area contributed by atoms with Crippen molar-refractivity contribution in [1.82, 2.24) is 0 Å². The molecule has 1 spiro atoms. The second-order valence-electron chi connectivity index (χ2n) is 5.86. The Morgan fingerprint density at radius 1 is 1.15 bits per heavy atom. The molecule has 0 aromatic heterocycles. The van der Waals surface area contributed by atoms with Crippen molar-refractivity contribution >= 4 is 0 Å². The molecule has 0 radical (unpaired) electrons. The molecule has 1 atom stereocenters. The molecule has 110 valence electrons. The second kappa shape index (κ2) is 4.65. The minimum absolute atomic E-state index is 0.0817. The number of hydrogen-bond donors (Lipinski definition) is 1. The summed E-state index contributed by atoms with van der Waals surface area (Å²) in [6.45, 7) is 0. The van der Waals surface area contributed by atoms with Crippen molar-refractivity contribution in [3.05, 3.63) is 29.8 Å². The normalized spacial score (nSPS) is 33.6. The van der Waals surface area contributed by atoms with Crippen molar-refractivity contribution in [1.29, 1.82) is 0 Å². The van der Waals surface area contributed by atoms with Gasteiger partial charge in [0.2, 0.25) is 0 Å². The van der Waals surface area contributed by atoms with Gasteiger partial charge in [0.15, 0.2) is 0 Å². The first-order valence-electron chi connectivity index (χ1n) is 6.92. The summed E-state index contributed by atoms with van der Waals surface area (Å²) < 4.78 is 44.1. The molecule has 1 heterocycles. The van der Waals surface area contributed by atoms with Crippen LogP contribution in [0.5, 0.6) is 5.75 Å². The van der Waals surface area contributed by atoms with E-state index in [1.54, 1.807) is 12.1 Å². The first-order chi connectivity index (χ1) is 9.40. The van der Waals surface area contributed by atoms with Gasteiger partial charge in [-0.15, -0.1) is 0 Å². The number of alkyl halides is 3. The molecular weight excluding hydrogens is 269 g/mol. The highest BCUT2D eigenvalue weighted by atomic mass is 19.4. The van der Waals surface area contributed by atoms with Crippen LogP contribution in [-0.4, -0.2) is 16.9 Å². The van der Waals surface area contributed by atoms with Crippen LogP contribution in [0.2, 0.25) is 0 Å². The number of halogens is 3. The third-order valence-electron chi connectivity index (χ3n) is 4.53. The number of para-hydroxylation sites is 1. The van der Waals surface area contributed by atoms with Gasteiger partial charge in [-0.1, -0.05) is 18.2 Å². The van der Waals surface area contributed by atoms with Gasteiger partial charge < -0.3 is 9.84 Å². The van der Waals surface area contributed by atoms with Crippen molar-refractivity contribution in [3.63, 3.8) is 0 Å². The minimum Gasteiger partial charge on any atom is -0.487 e. The lowest BCUT2D eigenvalue weighted by Crippen LogP contribution is -2.46. The average Bonchev–Trinajstić information content (AvgIpc) is 2.38. The van der Waals surface area contributed by atoms with Gasteiger partial charge in [-0.25, -0.2) is 0 Å². The Bertz CT molecular complexity index is 490. The van der Waals surface area contributed by atoms with Crippen molar-refractivity contribution in [2.24, 2.45) is 5.92 Å². The fourth-order valence-electron chi connectivity index (χ4n) is 3.36. The Balaban J connectivity index is 1.77. The Kier molecular flexibility index (Phi) is 3.20. The number of rotatable bonds is 0. The first kappa shape index (κ1) is 13.7. The smallest absolute Gasteiger partial charge is 0.391 e. The van der Waals surface area contributed by atoms with Gasteiger partial charge in [-0.2, -0.15) is 13.2 Å². The molecule has 1 aliphatic carbocycles. The van der Waals surface area contributed by atoms with Crippen LogP contribution >= 0.6 is 0 Å². The summed E-state index contributed by atoms with van der Waals surface area (Å²) >= 11 is 0. The number of fused-ring (bicyclic) bond motifs is 1. The molecule has 20 heavy (non-hydrogen) atoms. The molecule has 1 aliphatic heterocycles. The molecule has 0 saturated heterocycles. The van der Waals surface area contributed by atoms with E-state index in [2.05, 4.69) is 0 Å². The summed E-state index contributed by atoms with van der Waals surface area (Å²) in [4.78, 5) is 0. The van der Waals surface area contributed by atoms with Crippen LogP contribution in [0.25, 0.3) is 0 Å². The zero-order chi connectivity index (χ0) is 14.4. The molecule has 2 nitrogen and oxygen atoms in total. The molecule has 3 rings (SSSR count). The van der Waals surface area contributed by atoms with Gasteiger partial charge in [-0.05, 0) is 31.7 Å². The van der Waals surface area contributed by atoms with Gasteiger partial charge >= 0.3 is 6.18 Å².